The Bertz CT molecular complexity index is 1230. The van der Waals surface area contributed by atoms with Crippen LogP contribution in [-0.4, -0.2) is 63.3 Å². The van der Waals surface area contributed by atoms with E-state index in [9.17, 15) is 18.0 Å². The molecule has 0 aliphatic carbocycles. The Balaban J connectivity index is 1.81. The van der Waals surface area contributed by atoms with Gasteiger partial charge >= 0.3 is 0 Å². The highest BCUT2D eigenvalue weighted by atomic mass is 32.2. The summed E-state index contributed by atoms with van der Waals surface area (Å²) in [5.74, 6) is -0.822. The molecule has 0 spiro atoms. The summed E-state index contributed by atoms with van der Waals surface area (Å²) in [5, 5.41) is 5.18. The molecule has 0 radical (unpaired) electrons. The molecule has 2 amide bonds. The number of anilines is 1. The summed E-state index contributed by atoms with van der Waals surface area (Å²) in [7, 11) is -1.85. The average Bonchev–Trinajstić information content (AvgIpc) is 2.98. The van der Waals surface area contributed by atoms with Crippen molar-refractivity contribution >= 4 is 33.1 Å². The van der Waals surface area contributed by atoms with E-state index in [4.69, 9.17) is 5.14 Å². The molecule has 168 valence electrons. The van der Waals surface area contributed by atoms with Gasteiger partial charge in [-0.05, 0) is 56.3 Å². The molecule has 2 N–H and O–H groups in total. The fourth-order valence-electron chi connectivity index (χ4n) is 4.20. The summed E-state index contributed by atoms with van der Waals surface area (Å²) in [5.41, 5.74) is 3.79. The van der Waals surface area contributed by atoms with Gasteiger partial charge in [0.25, 0.3) is 11.8 Å². The lowest BCUT2D eigenvalue weighted by atomic mass is 9.97. The van der Waals surface area contributed by atoms with Crippen LogP contribution in [0.15, 0.2) is 53.1 Å². The van der Waals surface area contributed by atoms with Crippen LogP contribution in [0.25, 0.3) is 5.57 Å². The van der Waals surface area contributed by atoms with Crippen LogP contribution in [0.2, 0.25) is 0 Å². The molecule has 2 aliphatic rings. The average molecular weight is 455 g/mol. The highest BCUT2D eigenvalue weighted by Gasteiger charge is 2.43. The van der Waals surface area contributed by atoms with Crippen molar-refractivity contribution in [1.82, 2.24) is 9.80 Å². The van der Waals surface area contributed by atoms with E-state index in [1.165, 1.54) is 24.3 Å². The molecule has 0 saturated carbocycles. The quantitative estimate of drug-likeness (QED) is 0.702. The molecular formula is C23H26N4O4S. The molecule has 0 atom stereocenters. The van der Waals surface area contributed by atoms with Crippen LogP contribution >= 0.6 is 0 Å². The van der Waals surface area contributed by atoms with E-state index >= 15 is 0 Å². The van der Waals surface area contributed by atoms with E-state index in [-0.39, 0.29) is 4.90 Å². The molecule has 32 heavy (non-hydrogen) atoms. The first-order valence-electron chi connectivity index (χ1n) is 10.3. The van der Waals surface area contributed by atoms with E-state index in [0.29, 0.717) is 30.0 Å². The zero-order chi connectivity index (χ0) is 23.2. The molecule has 2 heterocycles. The Labute approximate surface area is 188 Å². The van der Waals surface area contributed by atoms with Gasteiger partial charge in [-0.15, -0.1) is 0 Å². The van der Waals surface area contributed by atoms with Gasteiger partial charge in [-0.2, -0.15) is 0 Å². The Morgan fingerprint density at radius 2 is 1.50 bits per heavy atom. The molecule has 1 fully saturated rings. The van der Waals surface area contributed by atoms with Gasteiger partial charge in [-0.1, -0.05) is 23.8 Å². The fourth-order valence-corrected chi connectivity index (χ4v) is 4.71. The van der Waals surface area contributed by atoms with Gasteiger partial charge in [0.2, 0.25) is 10.0 Å². The number of rotatable bonds is 4. The van der Waals surface area contributed by atoms with Crippen molar-refractivity contribution < 1.29 is 18.0 Å². The van der Waals surface area contributed by atoms with Crippen molar-refractivity contribution in [1.29, 1.82) is 0 Å². The molecule has 0 bridgehead atoms. The third-order valence-electron chi connectivity index (χ3n) is 5.95. The lowest BCUT2D eigenvalue weighted by Crippen LogP contribution is -2.46. The molecule has 8 nitrogen and oxygen atoms in total. The maximum absolute atomic E-state index is 13.6. The number of benzene rings is 2. The van der Waals surface area contributed by atoms with E-state index < -0.39 is 21.8 Å². The Morgan fingerprint density at radius 1 is 0.875 bits per heavy atom. The summed E-state index contributed by atoms with van der Waals surface area (Å²) in [4.78, 5) is 32.4. The van der Waals surface area contributed by atoms with E-state index in [1.807, 2.05) is 44.0 Å². The minimum atomic E-state index is -3.88. The Kier molecular flexibility index (Phi) is 5.66. The van der Waals surface area contributed by atoms with Gasteiger partial charge in [0.05, 0.1) is 16.2 Å². The van der Waals surface area contributed by atoms with Crippen molar-refractivity contribution in [3.8, 4) is 0 Å². The van der Waals surface area contributed by atoms with E-state index in [1.54, 1.807) is 0 Å². The van der Waals surface area contributed by atoms with Gasteiger partial charge in [-0.25, -0.2) is 18.5 Å². The molecule has 2 aromatic rings. The summed E-state index contributed by atoms with van der Waals surface area (Å²) >= 11 is 0. The van der Waals surface area contributed by atoms with Gasteiger partial charge in [-0.3, -0.25) is 9.59 Å². The Hall–Kier alpha value is -3.01. The van der Waals surface area contributed by atoms with Gasteiger partial charge in [0, 0.05) is 26.2 Å². The van der Waals surface area contributed by atoms with Crippen LogP contribution in [0.3, 0.4) is 0 Å². The number of hydrogen-bond acceptors (Lipinski definition) is 6. The largest absolute Gasteiger partial charge is 0.364 e. The summed E-state index contributed by atoms with van der Waals surface area (Å²) < 4.78 is 23.2. The van der Waals surface area contributed by atoms with Crippen LogP contribution in [0.5, 0.6) is 0 Å². The van der Waals surface area contributed by atoms with Gasteiger partial charge in [0.1, 0.15) is 5.70 Å². The van der Waals surface area contributed by atoms with Crippen molar-refractivity contribution in [2.45, 2.75) is 18.7 Å². The number of hydrogen-bond donors (Lipinski definition) is 1. The third-order valence-corrected chi connectivity index (χ3v) is 6.88. The molecule has 1 saturated heterocycles. The number of carbonyl (C=O) groups is 2. The normalized spacial score (nSPS) is 18.1. The van der Waals surface area contributed by atoms with Crippen LogP contribution in [0, 0.1) is 13.8 Å². The van der Waals surface area contributed by atoms with Crippen LogP contribution in [0.1, 0.15) is 16.7 Å². The van der Waals surface area contributed by atoms with Gasteiger partial charge in [0.15, 0.2) is 0 Å². The van der Waals surface area contributed by atoms with E-state index in [2.05, 4.69) is 4.90 Å². The number of imide groups is 1. The SMILES string of the molecule is Cc1ccc(C2=C(N3CCN(C)CC3)C(=O)N(c3ccc(S(N)(=O)=O)cc3)C2=O)c(C)c1. The maximum Gasteiger partial charge on any atom is 0.282 e. The van der Waals surface area contributed by atoms with Gasteiger partial charge < -0.3 is 9.80 Å². The third kappa shape index (κ3) is 3.94. The highest BCUT2D eigenvalue weighted by Crippen LogP contribution is 2.36. The van der Waals surface area contributed by atoms with Crippen molar-refractivity contribution in [3.63, 3.8) is 0 Å². The summed E-state index contributed by atoms with van der Waals surface area (Å²) in [6.07, 6.45) is 0. The number of piperazine rings is 1. The number of likely N-dealkylation sites (N-methyl/N-ethyl adjacent to an activating group) is 1. The lowest BCUT2D eigenvalue weighted by molar-refractivity contribution is -0.120. The zero-order valence-corrected chi connectivity index (χ0v) is 19.1. The maximum atomic E-state index is 13.6. The first-order chi connectivity index (χ1) is 15.1. The second-order valence-corrected chi connectivity index (χ2v) is 9.88. The Morgan fingerprint density at radius 3 is 2.06 bits per heavy atom. The van der Waals surface area contributed by atoms with Crippen molar-refractivity contribution in [2.24, 2.45) is 5.14 Å². The molecule has 2 aliphatic heterocycles. The minimum Gasteiger partial charge on any atom is -0.364 e. The van der Waals surface area contributed by atoms with Crippen LogP contribution < -0.4 is 10.0 Å². The van der Waals surface area contributed by atoms with E-state index in [0.717, 1.165) is 34.7 Å². The number of nitrogens with zero attached hydrogens (tertiary/aromatic N) is 3. The monoisotopic (exact) mass is 454 g/mol. The van der Waals surface area contributed by atoms with Crippen LogP contribution in [0.4, 0.5) is 5.69 Å². The number of nitrogens with two attached hydrogens (primary N) is 1. The summed E-state index contributed by atoms with van der Waals surface area (Å²) in [6, 6.07) is 11.3. The number of carbonyl (C=O) groups excluding carboxylic acids is 2. The van der Waals surface area contributed by atoms with Crippen molar-refractivity contribution in [3.05, 3.63) is 64.9 Å². The minimum absolute atomic E-state index is 0.0813. The first-order valence-corrected chi connectivity index (χ1v) is 11.9. The zero-order valence-electron chi connectivity index (χ0n) is 18.3. The summed E-state index contributed by atoms with van der Waals surface area (Å²) in [6.45, 7) is 6.75. The number of primary sulfonamides is 1. The van der Waals surface area contributed by atoms with Crippen LogP contribution in [-0.2, 0) is 19.6 Å². The predicted molar refractivity (Wildman–Crippen MR) is 122 cm³/mol. The molecule has 9 heteroatoms. The fraction of sp³-hybridized carbons (Fsp3) is 0.304. The lowest BCUT2D eigenvalue weighted by Gasteiger charge is -2.34. The van der Waals surface area contributed by atoms with Crippen molar-refractivity contribution in [2.75, 3.05) is 38.1 Å². The standard InChI is InChI=1S/C23H26N4O4S/c1-15-4-9-19(16(2)14-15)20-21(26-12-10-25(3)11-13-26)23(29)27(22(20)28)17-5-7-18(8-6-17)32(24,30)31/h4-9,14H,10-13H2,1-3H3,(H2,24,30,31). The molecule has 2 aromatic carbocycles. The topological polar surface area (TPSA) is 104 Å². The molecule has 4 rings (SSSR count). The second kappa shape index (κ2) is 8.16. The molecule has 0 aromatic heterocycles. The smallest absolute Gasteiger partial charge is 0.282 e. The number of sulfonamides is 1. The second-order valence-electron chi connectivity index (χ2n) is 8.32. The number of aryl methyl sites for hydroxylation is 2. The molecular weight excluding hydrogens is 428 g/mol. The highest BCUT2D eigenvalue weighted by molar-refractivity contribution is 7.89. The predicted octanol–water partition coefficient (Wildman–Crippen LogP) is 1.48. The number of amides is 2. The first kappa shape index (κ1) is 22.2. The molecule has 0 unspecified atom stereocenters.